The topological polar surface area (TPSA) is 65.2 Å². The highest BCUT2D eigenvalue weighted by atomic mass is 16.4. The normalized spacial score (nSPS) is 18.2. The van der Waals surface area contributed by atoms with Crippen LogP contribution in [0.25, 0.3) is 0 Å². The lowest BCUT2D eigenvalue weighted by molar-refractivity contribution is 0.313. The van der Waals surface area contributed by atoms with Crippen LogP contribution in [0.5, 0.6) is 0 Å². The van der Waals surface area contributed by atoms with Crippen LogP contribution >= 0.6 is 0 Å². The van der Waals surface area contributed by atoms with Gasteiger partial charge in [0.15, 0.2) is 0 Å². The van der Waals surface area contributed by atoms with E-state index in [0.29, 0.717) is 23.8 Å². The van der Waals surface area contributed by atoms with Crippen LogP contribution in [-0.2, 0) is 0 Å². The van der Waals surface area contributed by atoms with E-state index in [2.05, 4.69) is 22.4 Å². The van der Waals surface area contributed by atoms with Gasteiger partial charge < -0.3 is 10.4 Å². The molecule has 1 aliphatic rings. The second-order valence-electron chi connectivity index (χ2n) is 5.31. The zero-order valence-corrected chi connectivity index (χ0v) is 11.9. The third-order valence-corrected chi connectivity index (χ3v) is 4.09. The molecule has 0 unspecified atom stereocenters. The second-order valence-corrected chi connectivity index (χ2v) is 5.31. The Kier molecular flexibility index (Phi) is 5.16. The van der Waals surface area contributed by atoms with Crippen LogP contribution in [0.2, 0.25) is 0 Å². The maximum atomic E-state index is 9.13. The molecule has 1 aromatic rings. The first kappa shape index (κ1) is 14.6. The Morgan fingerprint density at radius 3 is 2.20 bits per heavy atom. The van der Waals surface area contributed by atoms with Crippen LogP contribution in [0.1, 0.15) is 62.5 Å². The molecule has 0 aliphatic heterocycles. The smallest absolute Gasteiger partial charge is 0.134 e. The molecular formula is C16H22N2O2. The molecule has 0 heterocycles. The summed E-state index contributed by atoms with van der Waals surface area (Å²) in [6, 6.07) is 8.09. The average molecular weight is 274 g/mol. The molecule has 2 N–H and O–H groups in total. The van der Waals surface area contributed by atoms with Gasteiger partial charge in [0, 0.05) is 5.56 Å². The Morgan fingerprint density at radius 2 is 1.70 bits per heavy atom. The number of oxime groups is 2. The predicted octanol–water partition coefficient (Wildman–Crippen LogP) is 4.15. The lowest BCUT2D eigenvalue weighted by Gasteiger charge is -2.22. The van der Waals surface area contributed by atoms with Crippen LogP contribution in [0.15, 0.2) is 34.6 Å². The molecule has 1 aliphatic carbocycles. The van der Waals surface area contributed by atoms with Gasteiger partial charge in [-0.3, -0.25) is 0 Å². The van der Waals surface area contributed by atoms with Crippen molar-refractivity contribution < 1.29 is 10.4 Å². The molecule has 2 rings (SSSR count). The largest absolute Gasteiger partial charge is 0.411 e. The van der Waals surface area contributed by atoms with E-state index in [0.717, 1.165) is 5.56 Å². The maximum Gasteiger partial charge on any atom is 0.134 e. The summed E-state index contributed by atoms with van der Waals surface area (Å²) in [6.45, 7) is 1.86. The van der Waals surface area contributed by atoms with Crippen LogP contribution in [0, 0.1) is 0 Å². The Hall–Kier alpha value is -1.84. The summed E-state index contributed by atoms with van der Waals surface area (Å²) >= 11 is 0. The quantitative estimate of drug-likeness (QED) is 0.492. The molecule has 0 radical (unpaired) electrons. The Balaban J connectivity index is 2.18. The second kappa shape index (κ2) is 7.08. The summed E-state index contributed by atoms with van der Waals surface area (Å²) in [5, 5.41) is 24.5. The molecule has 0 aromatic heterocycles. The molecule has 4 heteroatoms. The molecule has 0 saturated heterocycles. The van der Waals surface area contributed by atoms with Gasteiger partial charge in [0.05, 0.1) is 0 Å². The van der Waals surface area contributed by atoms with E-state index in [1.54, 1.807) is 0 Å². The standard InChI is InChI=1S/C16H22N2O2/c1-2-15(17-19)16(18-20)14-10-8-13(9-11-14)12-6-4-3-5-7-12/h8-12,19-20H,2-7H2,1H3/b17-15+,18-16+. The van der Waals surface area contributed by atoms with Gasteiger partial charge in [-0.25, -0.2) is 0 Å². The van der Waals surface area contributed by atoms with Crippen molar-refractivity contribution in [2.75, 3.05) is 0 Å². The van der Waals surface area contributed by atoms with Crippen molar-refractivity contribution in [1.29, 1.82) is 0 Å². The van der Waals surface area contributed by atoms with Crippen molar-refractivity contribution in [2.24, 2.45) is 10.3 Å². The van der Waals surface area contributed by atoms with Gasteiger partial charge in [-0.1, -0.05) is 60.8 Å². The molecule has 0 amide bonds. The summed E-state index contributed by atoms with van der Waals surface area (Å²) in [5.74, 6) is 0.657. The number of hydrogen-bond acceptors (Lipinski definition) is 4. The minimum atomic E-state index is 0.338. The maximum absolute atomic E-state index is 9.13. The molecule has 0 spiro atoms. The Labute approximate surface area is 119 Å². The number of hydrogen-bond donors (Lipinski definition) is 2. The number of nitrogens with zero attached hydrogens (tertiary/aromatic N) is 2. The summed E-state index contributed by atoms with van der Waals surface area (Å²) < 4.78 is 0. The van der Waals surface area contributed by atoms with Gasteiger partial charge in [-0.2, -0.15) is 0 Å². The Morgan fingerprint density at radius 1 is 1.05 bits per heavy atom. The fourth-order valence-corrected chi connectivity index (χ4v) is 2.92. The van der Waals surface area contributed by atoms with E-state index >= 15 is 0 Å². The van der Waals surface area contributed by atoms with Gasteiger partial charge in [0.2, 0.25) is 0 Å². The highest BCUT2D eigenvalue weighted by Gasteiger charge is 2.16. The van der Waals surface area contributed by atoms with E-state index in [-0.39, 0.29) is 0 Å². The van der Waals surface area contributed by atoms with Gasteiger partial charge >= 0.3 is 0 Å². The van der Waals surface area contributed by atoms with E-state index in [9.17, 15) is 0 Å². The SMILES string of the molecule is CCC(=N\O)/C(=N/O)c1ccc(C2CCCCC2)cc1. The fraction of sp³-hybridized carbons (Fsp3) is 0.500. The molecule has 0 atom stereocenters. The first-order chi connectivity index (χ1) is 9.80. The van der Waals surface area contributed by atoms with E-state index in [4.69, 9.17) is 10.4 Å². The lowest BCUT2D eigenvalue weighted by atomic mass is 9.83. The first-order valence-electron chi connectivity index (χ1n) is 7.33. The zero-order chi connectivity index (χ0) is 14.4. The third-order valence-electron chi connectivity index (χ3n) is 4.09. The van der Waals surface area contributed by atoms with Crippen molar-refractivity contribution in [3.05, 3.63) is 35.4 Å². The summed E-state index contributed by atoms with van der Waals surface area (Å²) in [6.07, 6.45) is 7.01. The highest BCUT2D eigenvalue weighted by Crippen LogP contribution is 2.32. The molecule has 4 nitrogen and oxygen atoms in total. The summed E-state index contributed by atoms with van der Waals surface area (Å²) in [4.78, 5) is 0. The summed E-state index contributed by atoms with van der Waals surface area (Å²) in [7, 11) is 0. The molecule has 1 fully saturated rings. The van der Waals surface area contributed by atoms with Crippen LogP contribution in [-0.4, -0.2) is 21.8 Å². The van der Waals surface area contributed by atoms with Gasteiger partial charge in [-0.05, 0) is 30.7 Å². The molecule has 1 aromatic carbocycles. The van der Waals surface area contributed by atoms with Gasteiger partial charge in [0.25, 0.3) is 0 Å². The molecule has 1 saturated carbocycles. The monoisotopic (exact) mass is 274 g/mol. The van der Waals surface area contributed by atoms with Gasteiger partial charge in [0.1, 0.15) is 11.4 Å². The van der Waals surface area contributed by atoms with Crippen molar-refractivity contribution in [1.82, 2.24) is 0 Å². The minimum absolute atomic E-state index is 0.338. The molecule has 20 heavy (non-hydrogen) atoms. The van der Waals surface area contributed by atoms with Crippen molar-refractivity contribution in [3.63, 3.8) is 0 Å². The van der Waals surface area contributed by atoms with Crippen molar-refractivity contribution in [3.8, 4) is 0 Å². The Bertz CT molecular complexity index is 486. The summed E-state index contributed by atoms with van der Waals surface area (Å²) in [5.41, 5.74) is 2.86. The lowest BCUT2D eigenvalue weighted by Crippen LogP contribution is -2.15. The van der Waals surface area contributed by atoms with Crippen LogP contribution in [0.3, 0.4) is 0 Å². The van der Waals surface area contributed by atoms with Crippen LogP contribution < -0.4 is 0 Å². The van der Waals surface area contributed by atoms with Gasteiger partial charge in [-0.15, -0.1) is 0 Å². The highest BCUT2D eigenvalue weighted by molar-refractivity contribution is 6.48. The van der Waals surface area contributed by atoms with E-state index in [1.165, 1.54) is 37.7 Å². The van der Waals surface area contributed by atoms with Crippen molar-refractivity contribution in [2.45, 2.75) is 51.4 Å². The molecule has 108 valence electrons. The molecule has 0 bridgehead atoms. The number of benzene rings is 1. The van der Waals surface area contributed by atoms with Crippen LogP contribution in [0.4, 0.5) is 0 Å². The van der Waals surface area contributed by atoms with E-state index < -0.39 is 0 Å². The zero-order valence-electron chi connectivity index (χ0n) is 11.9. The van der Waals surface area contributed by atoms with Crippen molar-refractivity contribution >= 4 is 11.4 Å². The fourth-order valence-electron chi connectivity index (χ4n) is 2.92. The first-order valence-corrected chi connectivity index (χ1v) is 7.33. The van der Waals surface area contributed by atoms with E-state index in [1.807, 2.05) is 19.1 Å². The third kappa shape index (κ3) is 3.18. The minimum Gasteiger partial charge on any atom is -0.411 e. The molecular weight excluding hydrogens is 252 g/mol. The number of rotatable bonds is 4. The average Bonchev–Trinajstić information content (AvgIpc) is 2.53. The predicted molar refractivity (Wildman–Crippen MR) is 80.1 cm³/mol.